The number of furan rings is 1. The zero-order chi connectivity index (χ0) is 45.9. The monoisotopic (exact) mass is 1010 g/mol. The van der Waals surface area contributed by atoms with E-state index in [1.165, 1.54) is 0 Å². The summed E-state index contributed by atoms with van der Waals surface area (Å²) >= 11 is 30.1. The molecular weight excluding hydrogens is 958 g/mol. The molecule has 6 aromatic rings. The summed E-state index contributed by atoms with van der Waals surface area (Å²) in [6, 6.07) is 14.2. The van der Waals surface area contributed by atoms with Crippen molar-refractivity contribution in [2.75, 3.05) is 26.2 Å². The number of rotatable bonds is 9. The largest absolute Gasteiger partial charge is 0.460 e. The van der Waals surface area contributed by atoms with Gasteiger partial charge in [0.15, 0.2) is 0 Å². The highest BCUT2D eigenvalue weighted by atomic mass is 79.9. The number of piperidine rings is 2. The summed E-state index contributed by atoms with van der Waals surface area (Å²) in [6.45, 7) is 16.5. The van der Waals surface area contributed by atoms with Crippen LogP contribution in [0.4, 0.5) is 0 Å². The fourth-order valence-electron chi connectivity index (χ4n) is 8.52. The minimum absolute atomic E-state index is 0.103. The maximum absolute atomic E-state index is 12.2. The molecule has 9 nitrogen and oxygen atoms in total. The SMILES string of the molecule is CC(C)(C)OC(=O)CC1CCN(Cc2cc3c(-c4cc5ccccc5o4)cncc3c(Cl)c2Cl)CC1.CC(C)(C)OC(=O)CC1CCN(Cc2cc3c(Br)cncc3c(Cl)c2Cl)CC1. The van der Waals surface area contributed by atoms with Crippen LogP contribution in [0.5, 0.6) is 0 Å². The molecule has 340 valence electrons. The highest BCUT2D eigenvalue weighted by molar-refractivity contribution is 9.10. The molecule has 0 radical (unpaired) electrons. The second-order valence-corrected chi connectivity index (χ2v) is 21.4. The third kappa shape index (κ3) is 12.3. The fraction of sp³-hybridized carbons (Fsp3) is 0.440. The molecule has 64 heavy (non-hydrogen) atoms. The van der Waals surface area contributed by atoms with Gasteiger partial charge >= 0.3 is 11.9 Å². The van der Waals surface area contributed by atoms with E-state index >= 15 is 0 Å². The van der Waals surface area contributed by atoms with Gasteiger partial charge in [0.1, 0.15) is 22.5 Å². The van der Waals surface area contributed by atoms with Crippen molar-refractivity contribution >= 4 is 107 Å². The van der Waals surface area contributed by atoms with Gasteiger partial charge in [0, 0.05) is 82.3 Å². The van der Waals surface area contributed by atoms with E-state index in [1.807, 2.05) is 78.1 Å². The Kier molecular flexibility index (Phi) is 15.6. The van der Waals surface area contributed by atoms with Gasteiger partial charge in [-0.1, -0.05) is 64.6 Å². The van der Waals surface area contributed by atoms with E-state index in [1.54, 1.807) is 18.6 Å². The van der Waals surface area contributed by atoms with Crippen LogP contribution in [0.15, 0.2) is 76.1 Å². The fourth-order valence-corrected chi connectivity index (χ4v) is 9.94. The molecule has 2 aliphatic rings. The highest BCUT2D eigenvalue weighted by Crippen LogP contribution is 2.41. The van der Waals surface area contributed by atoms with Crippen LogP contribution in [0.1, 0.15) is 91.2 Å². The van der Waals surface area contributed by atoms with Crippen LogP contribution < -0.4 is 0 Å². The van der Waals surface area contributed by atoms with Gasteiger partial charge in [-0.25, -0.2) is 0 Å². The van der Waals surface area contributed by atoms with Crippen molar-refractivity contribution in [2.45, 2.75) is 104 Å². The number of likely N-dealkylation sites (tertiary alicyclic amines) is 2. The summed E-state index contributed by atoms with van der Waals surface area (Å²) in [5, 5.41) is 6.87. The Labute approximate surface area is 404 Å². The molecule has 0 unspecified atom stereocenters. The summed E-state index contributed by atoms with van der Waals surface area (Å²) in [5.74, 6) is 1.26. The Morgan fingerprint density at radius 1 is 0.656 bits per heavy atom. The molecule has 2 fully saturated rings. The number of halogens is 5. The molecular formula is C50H55BrCl4N4O5. The molecule has 0 aliphatic carbocycles. The Hall–Kier alpha value is -3.48. The molecule has 0 amide bonds. The second-order valence-electron chi connectivity index (χ2n) is 19.0. The number of ether oxygens (including phenoxy) is 2. The summed E-state index contributed by atoms with van der Waals surface area (Å²) in [4.78, 5) is 37.6. The smallest absolute Gasteiger partial charge is 0.306 e. The first kappa shape index (κ1) is 48.5. The maximum atomic E-state index is 12.2. The van der Waals surface area contributed by atoms with Crippen molar-refractivity contribution < 1.29 is 23.5 Å². The zero-order valence-corrected chi connectivity index (χ0v) is 41.8. The summed E-state index contributed by atoms with van der Waals surface area (Å²) in [6.07, 6.45) is 11.9. The number of carbonyl (C=O) groups excluding carboxylic acids is 2. The minimum Gasteiger partial charge on any atom is -0.460 e. The Bertz CT molecular complexity index is 2610. The lowest BCUT2D eigenvalue weighted by Gasteiger charge is -2.32. The number of carbonyl (C=O) groups is 2. The molecule has 5 heterocycles. The number of esters is 2. The van der Waals surface area contributed by atoms with Gasteiger partial charge in [-0.2, -0.15) is 0 Å². The minimum atomic E-state index is -0.444. The van der Waals surface area contributed by atoms with Crippen LogP contribution in [0.25, 0.3) is 43.8 Å². The van der Waals surface area contributed by atoms with E-state index in [-0.39, 0.29) is 11.9 Å². The van der Waals surface area contributed by atoms with E-state index in [0.29, 0.717) is 51.3 Å². The number of hydrogen-bond donors (Lipinski definition) is 0. The molecule has 3 aromatic heterocycles. The van der Waals surface area contributed by atoms with Crippen LogP contribution in [0, 0.1) is 11.8 Å². The number of hydrogen-bond acceptors (Lipinski definition) is 9. The Balaban J connectivity index is 0.000000198. The van der Waals surface area contributed by atoms with Gasteiger partial charge in [-0.05, 0) is 162 Å². The van der Waals surface area contributed by atoms with Crippen molar-refractivity contribution in [3.8, 4) is 11.3 Å². The van der Waals surface area contributed by atoms with Gasteiger partial charge in [0.2, 0.25) is 0 Å². The van der Waals surface area contributed by atoms with Crippen LogP contribution in [0.2, 0.25) is 20.1 Å². The Morgan fingerprint density at radius 2 is 1.12 bits per heavy atom. The van der Waals surface area contributed by atoms with E-state index in [2.05, 4.69) is 47.8 Å². The standard InChI is InChI=1S/C29H30Cl2N2O3.C21H25BrCl2N2O2/c1-29(2,3)36-26(34)12-18-8-10-33(11-9-18)17-20-13-21-22(15-32-16-23(21)28(31)27(20)30)25-14-19-6-4-5-7-24(19)35-25;1-21(2,3)28-18(27)8-13-4-6-26(7-5-13)12-14-9-15-16(20(24)19(14)23)10-25-11-17(15)22/h4-7,13-16,18H,8-12,17H2,1-3H3;9-11,13H,4-8,12H2,1-3H3. The van der Waals surface area contributed by atoms with Crippen LogP contribution in [-0.4, -0.2) is 69.1 Å². The lowest BCUT2D eigenvalue weighted by molar-refractivity contribution is -0.157. The molecule has 8 rings (SSSR count). The van der Waals surface area contributed by atoms with Crippen molar-refractivity contribution in [3.63, 3.8) is 0 Å². The third-order valence-corrected chi connectivity index (χ3v) is 14.1. The van der Waals surface area contributed by atoms with Gasteiger partial charge in [-0.15, -0.1) is 0 Å². The molecule has 0 N–H and O–H groups in total. The average molecular weight is 1010 g/mol. The molecule has 3 aromatic carbocycles. The summed E-state index contributed by atoms with van der Waals surface area (Å²) in [7, 11) is 0. The van der Waals surface area contributed by atoms with E-state index in [0.717, 1.165) is 118 Å². The zero-order valence-electron chi connectivity index (χ0n) is 37.2. The van der Waals surface area contributed by atoms with Crippen LogP contribution in [-0.2, 0) is 32.2 Å². The first-order valence-corrected chi connectivity index (χ1v) is 24.1. The van der Waals surface area contributed by atoms with Crippen LogP contribution >= 0.6 is 62.3 Å². The highest BCUT2D eigenvalue weighted by Gasteiger charge is 2.27. The van der Waals surface area contributed by atoms with Gasteiger partial charge in [0.25, 0.3) is 0 Å². The van der Waals surface area contributed by atoms with E-state index in [9.17, 15) is 9.59 Å². The number of pyridine rings is 2. The van der Waals surface area contributed by atoms with E-state index in [4.69, 9.17) is 60.3 Å². The van der Waals surface area contributed by atoms with Crippen molar-refractivity contribution in [1.29, 1.82) is 0 Å². The molecule has 0 atom stereocenters. The number of aromatic nitrogens is 2. The summed E-state index contributed by atoms with van der Waals surface area (Å²) < 4.78 is 18.0. The maximum Gasteiger partial charge on any atom is 0.306 e. The normalized spacial score (nSPS) is 16.0. The number of para-hydroxylation sites is 1. The van der Waals surface area contributed by atoms with Gasteiger partial charge < -0.3 is 13.9 Å². The van der Waals surface area contributed by atoms with Crippen molar-refractivity contribution in [1.82, 2.24) is 19.8 Å². The predicted molar refractivity (Wildman–Crippen MR) is 263 cm³/mol. The molecule has 14 heteroatoms. The second kappa shape index (κ2) is 20.6. The first-order valence-electron chi connectivity index (χ1n) is 21.8. The Morgan fingerprint density at radius 3 is 1.62 bits per heavy atom. The number of nitrogens with zero attached hydrogens (tertiary/aromatic N) is 4. The van der Waals surface area contributed by atoms with Crippen LogP contribution in [0.3, 0.4) is 0 Å². The van der Waals surface area contributed by atoms with Crippen molar-refractivity contribution in [2.24, 2.45) is 11.8 Å². The van der Waals surface area contributed by atoms with Gasteiger partial charge in [-0.3, -0.25) is 29.4 Å². The van der Waals surface area contributed by atoms with Crippen molar-refractivity contribution in [3.05, 3.63) is 103 Å². The average Bonchev–Trinajstić information content (AvgIpc) is 3.67. The number of fused-ring (bicyclic) bond motifs is 3. The number of benzene rings is 3. The quantitative estimate of drug-likeness (QED) is 0.131. The topological polar surface area (TPSA) is 98.0 Å². The molecule has 2 aliphatic heterocycles. The molecule has 0 spiro atoms. The lowest BCUT2D eigenvalue weighted by atomic mass is 9.93. The van der Waals surface area contributed by atoms with E-state index < -0.39 is 11.2 Å². The molecule has 0 saturated carbocycles. The molecule has 0 bridgehead atoms. The first-order chi connectivity index (χ1) is 30.3. The molecule has 2 saturated heterocycles. The predicted octanol–water partition coefficient (Wildman–Crippen LogP) is 14.1. The third-order valence-electron chi connectivity index (χ3n) is 11.6. The van der Waals surface area contributed by atoms with Gasteiger partial charge in [0.05, 0.1) is 20.1 Å². The lowest BCUT2D eigenvalue weighted by Crippen LogP contribution is -2.35. The summed E-state index contributed by atoms with van der Waals surface area (Å²) in [5.41, 5.74) is 2.84.